The molecular formula is C13H13NO4. The molecule has 0 unspecified atom stereocenters. The number of aryl methyl sites for hydroxylation is 1. The standard InChI is InChI=1S/C13H13NO4/c1-7-6-8(13(15)16)11-9(17-2)4-5-10(18-3)12(11)14-7/h4-6H,1-3H3,(H,15,16). The normalized spacial score (nSPS) is 10.4. The third-order valence-corrected chi connectivity index (χ3v) is 2.68. The Morgan fingerprint density at radius 1 is 1.22 bits per heavy atom. The molecule has 18 heavy (non-hydrogen) atoms. The highest BCUT2D eigenvalue weighted by Crippen LogP contribution is 2.34. The molecule has 0 atom stereocenters. The van der Waals surface area contributed by atoms with Crippen molar-refractivity contribution in [1.82, 2.24) is 4.98 Å². The Labute approximate surface area is 104 Å². The van der Waals surface area contributed by atoms with Crippen LogP contribution in [0.2, 0.25) is 0 Å². The van der Waals surface area contributed by atoms with Crippen molar-refractivity contribution in [1.29, 1.82) is 0 Å². The van der Waals surface area contributed by atoms with Crippen LogP contribution in [0.4, 0.5) is 0 Å². The molecule has 0 saturated carbocycles. The van der Waals surface area contributed by atoms with E-state index in [4.69, 9.17) is 9.47 Å². The van der Waals surface area contributed by atoms with Crippen molar-refractivity contribution in [2.75, 3.05) is 14.2 Å². The van der Waals surface area contributed by atoms with Gasteiger partial charge in [0.15, 0.2) is 0 Å². The lowest BCUT2D eigenvalue weighted by Crippen LogP contribution is -2.03. The van der Waals surface area contributed by atoms with Gasteiger partial charge in [0.25, 0.3) is 0 Å². The second kappa shape index (κ2) is 4.52. The molecule has 5 heteroatoms. The number of aromatic nitrogens is 1. The van der Waals surface area contributed by atoms with Gasteiger partial charge in [-0.05, 0) is 25.1 Å². The number of fused-ring (bicyclic) bond motifs is 1. The minimum absolute atomic E-state index is 0.160. The van der Waals surface area contributed by atoms with Gasteiger partial charge in [-0.2, -0.15) is 0 Å². The molecule has 0 amide bonds. The summed E-state index contributed by atoms with van der Waals surface area (Å²) in [6, 6.07) is 4.90. The summed E-state index contributed by atoms with van der Waals surface area (Å²) in [7, 11) is 3.01. The van der Waals surface area contributed by atoms with Crippen LogP contribution < -0.4 is 9.47 Å². The van der Waals surface area contributed by atoms with E-state index < -0.39 is 5.97 Å². The van der Waals surface area contributed by atoms with E-state index in [1.165, 1.54) is 20.3 Å². The smallest absolute Gasteiger partial charge is 0.336 e. The van der Waals surface area contributed by atoms with E-state index in [9.17, 15) is 9.90 Å². The minimum Gasteiger partial charge on any atom is -0.496 e. The van der Waals surface area contributed by atoms with Crippen molar-refractivity contribution in [2.45, 2.75) is 6.92 Å². The Morgan fingerprint density at radius 3 is 2.39 bits per heavy atom. The Morgan fingerprint density at radius 2 is 1.83 bits per heavy atom. The summed E-state index contributed by atoms with van der Waals surface area (Å²) in [5, 5.41) is 9.72. The Hall–Kier alpha value is -2.30. The highest BCUT2D eigenvalue weighted by Gasteiger charge is 2.17. The van der Waals surface area contributed by atoms with E-state index in [-0.39, 0.29) is 5.56 Å². The first-order chi connectivity index (χ1) is 8.58. The number of carboxylic acid groups (broad SMARTS) is 1. The van der Waals surface area contributed by atoms with Crippen molar-refractivity contribution in [3.63, 3.8) is 0 Å². The maximum absolute atomic E-state index is 11.3. The first-order valence-corrected chi connectivity index (χ1v) is 5.34. The van der Waals surface area contributed by atoms with Gasteiger partial charge in [-0.25, -0.2) is 9.78 Å². The van der Waals surface area contributed by atoms with E-state index in [1.807, 2.05) is 0 Å². The molecule has 1 N–H and O–H groups in total. The van der Waals surface area contributed by atoms with Crippen LogP contribution in [0, 0.1) is 6.92 Å². The number of carbonyl (C=O) groups is 1. The molecule has 0 radical (unpaired) electrons. The highest BCUT2D eigenvalue weighted by molar-refractivity contribution is 6.06. The van der Waals surface area contributed by atoms with Crippen LogP contribution in [0.25, 0.3) is 10.9 Å². The van der Waals surface area contributed by atoms with Crippen molar-refractivity contribution in [3.8, 4) is 11.5 Å². The van der Waals surface area contributed by atoms with Crippen LogP contribution >= 0.6 is 0 Å². The highest BCUT2D eigenvalue weighted by atomic mass is 16.5. The lowest BCUT2D eigenvalue weighted by atomic mass is 10.1. The zero-order valence-corrected chi connectivity index (χ0v) is 10.4. The van der Waals surface area contributed by atoms with Crippen molar-refractivity contribution in [2.24, 2.45) is 0 Å². The van der Waals surface area contributed by atoms with Gasteiger partial charge < -0.3 is 14.6 Å². The van der Waals surface area contributed by atoms with Crippen molar-refractivity contribution in [3.05, 3.63) is 29.5 Å². The maximum atomic E-state index is 11.3. The van der Waals surface area contributed by atoms with Gasteiger partial charge in [-0.15, -0.1) is 0 Å². The predicted octanol–water partition coefficient (Wildman–Crippen LogP) is 2.26. The summed E-state index contributed by atoms with van der Waals surface area (Å²) in [6.45, 7) is 1.74. The van der Waals surface area contributed by atoms with Crippen LogP contribution in [0.5, 0.6) is 11.5 Å². The molecular weight excluding hydrogens is 234 g/mol. The van der Waals surface area contributed by atoms with Crippen molar-refractivity contribution >= 4 is 16.9 Å². The largest absolute Gasteiger partial charge is 0.496 e. The molecule has 0 aliphatic rings. The predicted molar refractivity (Wildman–Crippen MR) is 66.5 cm³/mol. The summed E-state index contributed by atoms with van der Waals surface area (Å²) >= 11 is 0. The summed E-state index contributed by atoms with van der Waals surface area (Å²) in [5.74, 6) is -0.0234. The van der Waals surface area contributed by atoms with Gasteiger partial charge >= 0.3 is 5.97 Å². The third kappa shape index (κ3) is 1.84. The van der Waals surface area contributed by atoms with Gasteiger partial charge in [0.1, 0.15) is 17.0 Å². The van der Waals surface area contributed by atoms with E-state index in [2.05, 4.69) is 4.98 Å². The number of methoxy groups -OCH3 is 2. The van der Waals surface area contributed by atoms with Gasteiger partial charge in [0.05, 0.1) is 25.2 Å². The topological polar surface area (TPSA) is 68.7 Å². The monoisotopic (exact) mass is 247 g/mol. The molecule has 1 aromatic carbocycles. The molecule has 0 aliphatic carbocycles. The molecule has 0 spiro atoms. The zero-order valence-electron chi connectivity index (χ0n) is 10.4. The second-order valence-electron chi connectivity index (χ2n) is 3.81. The third-order valence-electron chi connectivity index (χ3n) is 2.68. The van der Waals surface area contributed by atoms with Gasteiger partial charge in [0.2, 0.25) is 0 Å². The fraction of sp³-hybridized carbons (Fsp3) is 0.231. The van der Waals surface area contributed by atoms with Gasteiger partial charge in [0, 0.05) is 5.69 Å². The number of nitrogens with zero attached hydrogens (tertiary/aromatic N) is 1. The maximum Gasteiger partial charge on any atom is 0.336 e. The minimum atomic E-state index is -1.02. The summed E-state index contributed by atoms with van der Waals surface area (Å²) in [6.07, 6.45) is 0. The summed E-state index contributed by atoms with van der Waals surface area (Å²) < 4.78 is 10.4. The quantitative estimate of drug-likeness (QED) is 0.900. The molecule has 0 aliphatic heterocycles. The first kappa shape index (κ1) is 12.2. The van der Waals surface area contributed by atoms with E-state index >= 15 is 0 Å². The van der Waals surface area contributed by atoms with E-state index in [0.29, 0.717) is 28.1 Å². The molecule has 5 nitrogen and oxygen atoms in total. The lowest BCUT2D eigenvalue weighted by molar-refractivity contribution is 0.0698. The molecule has 0 fully saturated rings. The molecule has 0 bridgehead atoms. The molecule has 94 valence electrons. The number of pyridine rings is 1. The van der Waals surface area contributed by atoms with E-state index in [1.54, 1.807) is 19.1 Å². The Bertz CT molecular complexity index is 622. The number of rotatable bonds is 3. The summed E-state index contributed by atoms with van der Waals surface area (Å²) in [4.78, 5) is 15.6. The number of hydrogen-bond donors (Lipinski definition) is 1. The number of aromatic carboxylic acids is 1. The van der Waals surface area contributed by atoms with E-state index in [0.717, 1.165) is 0 Å². The summed E-state index contributed by atoms with van der Waals surface area (Å²) in [5.41, 5.74) is 1.27. The molecule has 1 aromatic heterocycles. The fourth-order valence-electron chi connectivity index (χ4n) is 1.92. The zero-order chi connectivity index (χ0) is 13.3. The molecule has 2 aromatic rings. The van der Waals surface area contributed by atoms with Crippen LogP contribution in [-0.2, 0) is 0 Å². The average Bonchev–Trinajstić information content (AvgIpc) is 2.36. The lowest BCUT2D eigenvalue weighted by Gasteiger charge is -2.11. The number of ether oxygens (including phenoxy) is 2. The average molecular weight is 247 g/mol. The Kier molecular flexibility index (Phi) is 3.06. The SMILES string of the molecule is COc1ccc(OC)c2c(C(=O)O)cc(C)nc12. The van der Waals surface area contributed by atoms with Crippen LogP contribution in [-0.4, -0.2) is 30.3 Å². The number of benzene rings is 1. The molecule has 0 saturated heterocycles. The molecule has 1 heterocycles. The number of carboxylic acids is 1. The first-order valence-electron chi connectivity index (χ1n) is 5.34. The second-order valence-corrected chi connectivity index (χ2v) is 3.81. The Balaban J connectivity index is 2.96. The van der Waals surface area contributed by atoms with Crippen LogP contribution in [0.3, 0.4) is 0 Å². The number of hydrogen-bond acceptors (Lipinski definition) is 4. The van der Waals surface area contributed by atoms with Crippen LogP contribution in [0.1, 0.15) is 16.1 Å². The fourth-order valence-corrected chi connectivity index (χ4v) is 1.92. The van der Waals surface area contributed by atoms with Gasteiger partial charge in [-0.3, -0.25) is 0 Å². The molecule has 2 rings (SSSR count). The van der Waals surface area contributed by atoms with Crippen LogP contribution in [0.15, 0.2) is 18.2 Å². The van der Waals surface area contributed by atoms with Crippen molar-refractivity contribution < 1.29 is 19.4 Å². The van der Waals surface area contributed by atoms with Gasteiger partial charge in [-0.1, -0.05) is 0 Å².